The Balaban J connectivity index is 1.39. The molecule has 0 unspecified atom stereocenters. The van der Waals surface area contributed by atoms with E-state index >= 15 is 0 Å². The third-order valence-electron chi connectivity index (χ3n) is 5.23. The minimum atomic E-state index is -3.52. The number of hydrogen-bond acceptors (Lipinski definition) is 6. The molecule has 2 heterocycles. The number of carbonyl (C=O) groups is 2. The van der Waals surface area contributed by atoms with E-state index in [4.69, 9.17) is 0 Å². The Morgan fingerprint density at radius 2 is 1.66 bits per heavy atom. The van der Waals surface area contributed by atoms with Crippen LogP contribution in [0.3, 0.4) is 0 Å². The number of sulfonamides is 1. The number of rotatable bonds is 7. The molecule has 32 heavy (non-hydrogen) atoms. The summed E-state index contributed by atoms with van der Waals surface area (Å²) in [5.74, 6) is -0.364. The second-order valence-electron chi connectivity index (χ2n) is 7.63. The highest BCUT2D eigenvalue weighted by Crippen LogP contribution is 2.24. The summed E-state index contributed by atoms with van der Waals surface area (Å²) in [7, 11) is -3.52. The minimum Gasteiger partial charge on any atom is -0.326 e. The maximum atomic E-state index is 12.7. The molecule has 2 N–H and O–H groups in total. The lowest BCUT2D eigenvalue weighted by Gasteiger charge is -2.15. The Hall–Kier alpha value is -3.31. The number of amides is 2. The zero-order chi connectivity index (χ0) is 22.7. The fourth-order valence-electron chi connectivity index (χ4n) is 3.63. The third-order valence-corrected chi connectivity index (χ3v) is 7.12. The molecular formula is C21H24N6O4S. The first-order valence-electron chi connectivity index (χ1n) is 10.3. The Morgan fingerprint density at radius 3 is 2.31 bits per heavy atom. The summed E-state index contributed by atoms with van der Waals surface area (Å²) in [5.41, 5.74) is 2.40. The maximum Gasteiger partial charge on any atom is 0.243 e. The van der Waals surface area contributed by atoms with Gasteiger partial charge in [-0.25, -0.2) is 13.1 Å². The van der Waals surface area contributed by atoms with Crippen LogP contribution in [-0.2, 0) is 26.2 Å². The van der Waals surface area contributed by atoms with Crippen LogP contribution in [0.25, 0.3) is 11.0 Å². The highest BCUT2D eigenvalue weighted by molar-refractivity contribution is 7.89. The number of nitrogens with zero attached hydrogens (tertiary/aromatic N) is 4. The molecule has 1 saturated heterocycles. The number of aryl methyl sites for hydroxylation is 1. The topological polar surface area (TPSA) is 126 Å². The monoisotopic (exact) mass is 456 g/mol. The summed E-state index contributed by atoms with van der Waals surface area (Å²) >= 11 is 0. The molecule has 4 rings (SSSR count). The molecule has 1 aromatic heterocycles. The molecule has 0 aliphatic carbocycles. The third kappa shape index (κ3) is 4.78. The van der Waals surface area contributed by atoms with Gasteiger partial charge in [0, 0.05) is 37.8 Å². The lowest BCUT2D eigenvalue weighted by atomic mass is 10.2. The van der Waals surface area contributed by atoms with Crippen molar-refractivity contribution in [3.05, 3.63) is 42.5 Å². The Labute approximate surface area is 185 Å². The molecule has 0 radical (unpaired) electrons. The van der Waals surface area contributed by atoms with Gasteiger partial charge in [0.2, 0.25) is 21.8 Å². The number of aromatic nitrogens is 3. The van der Waals surface area contributed by atoms with Gasteiger partial charge >= 0.3 is 0 Å². The van der Waals surface area contributed by atoms with Crippen molar-refractivity contribution in [1.29, 1.82) is 0 Å². The number of anilines is 2. The van der Waals surface area contributed by atoms with Crippen molar-refractivity contribution in [3.8, 4) is 0 Å². The molecule has 1 aliphatic heterocycles. The largest absolute Gasteiger partial charge is 0.326 e. The second kappa shape index (κ2) is 9.05. The molecule has 0 spiro atoms. The first kappa shape index (κ1) is 21.9. The average Bonchev–Trinajstić information content (AvgIpc) is 3.43. The van der Waals surface area contributed by atoms with Crippen LogP contribution < -0.4 is 10.6 Å². The van der Waals surface area contributed by atoms with E-state index in [0.717, 1.165) is 12.8 Å². The molecular weight excluding hydrogens is 432 g/mol. The molecule has 0 atom stereocenters. The van der Waals surface area contributed by atoms with E-state index < -0.39 is 10.0 Å². The first-order chi connectivity index (χ1) is 15.3. The predicted molar refractivity (Wildman–Crippen MR) is 120 cm³/mol. The molecule has 1 aliphatic rings. The van der Waals surface area contributed by atoms with Gasteiger partial charge in [0.15, 0.2) is 0 Å². The summed E-state index contributed by atoms with van der Waals surface area (Å²) < 4.78 is 28.6. The van der Waals surface area contributed by atoms with E-state index in [-0.39, 0.29) is 23.1 Å². The molecule has 3 aromatic rings. The summed E-state index contributed by atoms with van der Waals surface area (Å²) in [6, 6.07) is 11.6. The zero-order valence-electron chi connectivity index (χ0n) is 17.6. The van der Waals surface area contributed by atoms with Gasteiger partial charge in [0.05, 0.1) is 17.0 Å². The summed E-state index contributed by atoms with van der Waals surface area (Å²) in [6.45, 7) is 2.80. The van der Waals surface area contributed by atoms with E-state index in [1.165, 1.54) is 17.3 Å². The molecule has 2 aromatic carbocycles. The van der Waals surface area contributed by atoms with Gasteiger partial charge in [-0.1, -0.05) is 5.21 Å². The lowest BCUT2D eigenvalue weighted by molar-refractivity contribution is -0.116. The Morgan fingerprint density at radius 1 is 1.00 bits per heavy atom. The number of carbonyl (C=O) groups excluding carboxylic acids is 2. The van der Waals surface area contributed by atoms with E-state index in [2.05, 4.69) is 20.9 Å². The standard InChI is InChI=1S/C21H24N6O4S/c1-15(28)22-16-4-6-17(7-5-16)23-21(29)10-13-27-20-9-8-18(14-19(20)24-25-27)32(30,31)26-11-2-3-12-26/h4-9,14H,2-3,10-13H2,1H3,(H,22,28)(H,23,29). The smallest absolute Gasteiger partial charge is 0.243 e. The normalized spacial score (nSPS) is 14.5. The number of nitrogens with one attached hydrogen (secondary N) is 2. The van der Waals surface area contributed by atoms with Crippen molar-refractivity contribution in [2.45, 2.75) is 37.6 Å². The van der Waals surface area contributed by atoms with Crippen LogP contribution in [-0.4, -0.2) is 52.6 Å². The van der Waals surface area contributed by atoms with Crippen LogP contribution in [0, 0.1) is 0 Å². The first-order valence-corrected chi connectivity index (χ1v) is 11.8. The number of benzene rings is 2. The highest BCUT2D eigenvalue weighted by Gasteiger charge is 2.27. The van der Waals surface area contributed by atoms with Crippen molar-refractivity contribution in [1.82, 2.24) is 19.3 Å². The van der Waals surface area contributed by atoms with E-state index in [1.807, 2.05) is 0 Å². The van der Waals surface area contributed by atoms with E-state index in [0.29, 0.717) is 42.0 Å². The average molecular weight is 457 g/mol. The van der Waals surface area contributed by atoms with Crippen molar-refractivity contribution >= 4 is 44.2 Å². The summed E-state index contributed by atoms with van der Waals surface area (Å²) in [6.07, 6.45) is 1.91. The van der Waals surface area contributed by atoms with Crippen LogP contribution >= 0.6 is 0 Å². The highest BCUT2D eigenvalue weighted by atomic mass is 32.2. The van der Waals surface area contributed by atoms with Gasteiger partial charge in [-0.3, -0.25) is 9.59 Å². The fourth-order valence-corrected chi connectivity index (χ4v) is 5.16. The summed E-state index contributed by atoms with van der Waals surface area (Å²) in [4.78, 5) is 23.6. The predicted octanol–water partition coefficient (Wildman–Crippen LogP) is 2.20. The molecule has 168 valence electrons. The van der Waals surface area contributed by atoms with Gasteiger partial charge in [0.1, 0.15) is 5.52 Å². The number of hydrogen-bond donors (Lipinski definition) is 2. The molecule has 0 bridgehead atoms. The van der Waals surface area contributed by atoms with Crippen LogP contribution in [0.2, 0.25) is 0 Å². The van der Waals surface area contributed by atoms with Gasteiger partial charge < -0.3 is 10.6 Å². The van der Waals surface area contributed by atoms with Gasteiger partial charge in [0.25, 0.3) is 0 Å². The molecule has 1 fully saturated rings. The van der Waals surface area contributed by atoms with Gasteiger partial charge in [-0.2, -0.15) is 4.31 Å². The van der Waals surface area contributed by atoms with Crippen LogP contribution in [0.1, 0.15) is 26.2 Å². The van der Waals surface area contributed by atoms with Crippen molar-refractivity contribution in [2.75, 3.05) is 23.7 Å². The Bertz CT molecular complexity index is 1250. The minimum absolute atomic E-state index is 0.164. The quantitative estimate of drug-likeness (QED) is 0.561. The SMILES string of the molecule is CC(=O)Nc1ccc(NC(=O)CCn2nnc3cc(S(=O)(=O)N4CCCC4)ccc32)cc1. The van der Waals surface area contributed by atoms with Gasteiger partial charge in [-0.05, 0) is 55.3 Å². The summed E-state index contributed by atoms with van der Waals surface area (Å²) in [5, 5.41) is 13.6. The van der Waals surface area contributed by atoms with Crippen molar-refractivity contribution < 1.29 is 18.0 Å². The van der Waals surface area contributed by atoms with Crippen molar-refractivity contribution in [3.63, 3.8) is 0 Å². The molecule has 2 amide bonds. The van der Waals surface area contributed by atoms with Crippen molar-refractivity contribution in [2.24, 2.45) is 0 Å². The van der Waals surface area contributed by atoms with E-state index in [9.17, 15) is 18.0 Å². The molecule has 11 heteroatoms. The second-order valence-corrected chi connectivity index (χ2v) is 9.57. The molecule has 10 nitrogen and oxygen atoms in total. The molecule has 0 saturated carbocycles. The maximum absolute atomic E-state index is 12.7. The zero-order valence-corrected chi connectivity index (χ0v) is 18.4. The van der Waals surface area contributed by atoms with Crippen LogP contribution in [0.4, 0.5) is 11.4 Å². The Kier molecular flexibility index (Phi) is 6.19. The number of fused-ring (bicyclic) bond motifs is 1. The van der Waals surface area contributed by atoms with E-state index in [1.54, 1.807) is 41.1 Å². The fraction of sp³-hybridized carbons (Fsp3) is 0.333. The van der Waals surface area contributed by atoms with Crippen LogP contribution in [0.15, 0.2) is 47.4 Å². The lowest BCUT2D eigenvalue weighted by Crippen LogP contribution is -2.27. The van der Waals surface area contributed by atoms with Gasteiger partial charge in [-0.15, -0.1) is 5.10 Å². The van der Waals surface area contributed by atoms with Crippen LogP contribution in [0.5, 0.6) is 0 Å².